The molecule has 0 atom stereocenters. The lowest BCUT2D eigenvalue weighted by molar-refractivity contribution is -0.116. The van der Waals surface area contributed by atoms with E-state index >= 15 is 0 Å². The molecule has 0 unspecified atom stereocenters. The van der Waals surface area contributed by atoms with Crippen molar-refractivity contribution in [1.82, 2.24) is 20.2 Å². The number of aryl methyl sites for hydroxylation is 1. The van der Waals surface area contributed by atoms with Crippen LogP contribution in [0.5, 0.6) is 0 Å². The monoisotopic (exact) mass is 299 g/mol. The van der Waals surface area contributed by atoms with E-state index in [-0.39, 0.29) is 11.9 Å². The van der Waals surface area contributed by atoms with Crippen LogP contribution in [0.4, 0.5) is 5.95 Å². The average Bonchev–Trinajstić information content (AvgIpc) is 3.17. The van der Waals surface area contributed by atoms with E-state index in [4.69, 9.17) is 0 Å². The van der Waals surface area contributed by atoms with E-state index in [1.54, 1.807) is 17.5 Å². The Morgan fingerprint density at radius 3 is 3.05 bits per heavy atom. The topological polar surface area (TPSA) is 83.6 Å². The number of aromatic amines is 1. The Labute approximate surface area is 125 Å². The van der Waals surface area contributed by atoms with Crippen molar-refractivity contribution in [2.24, 2.45) is 0 Å². The second-order valence-electron chi connectivity index (χ2n) is 4.40. The fraction of sp³-hybridized carbons (Fsp3) is 0.143. The number of nitrogens with zero attached hydrogens (tertiary/aromatic N) is 3. The van der Waals surface area contributed by atoms with Gasteiger partial charge in [0.1, 0.15) is 5.69 Å². The largest absolute Gasteiger partial charge is 0.293 e. The molecular weight excluding hydrogens is 286 g/mol. The summed E-state index contributed by atoms with van der Waals surface area (Å²) in [6.45, 7) is 0. The lowest BCUT2D eigenvalue weighted by Gasteiger charge is -1.99. The maximum Gasteiger partial charge on any atom is 0.249 e. The van der Waals surface area contributed by atoms with Crippen LogP contribution in [0.1, 0.15) is 12.0 Å². The molecule has 106 valence electrons. The Kier molecular flexibility index (Phi) is 4.02. The van der Waals surface area contributed by atoms with Crippen LogP contribution in [0, 0.1) is 0 Å². The van der Waals surface area contributed by atoms with E-state index < -0.39 is 0 Å². The summed E-state index contributed by atoms with van der Waals surface area (Å²) < 4.78 is 0. The van der Waals surface area contributed by atoms with Gasteiger partial charge in [-0.15, -0.1) is 5.10 Å². The Bertz CT molecular complexity index is 708. The van der Waals surface area contributed by atoms with Crippen LogP contribution >= 0.6 is 11.3 Å². The van der Waals surface area contributed by atoms with Crippen LogP contribution in [-0.2, 0) is 11.2 Å². The first-order valence-corrected chi connectivity index (χ1v) is 7.40. The Balaban J connectivity index is 1.58. The predicted molar refractivity (Wildman–Crippen MR) is 80.9 cm³/mol. The van der Waals surface area contributed by atoms with Gasteiger partial charge in [-0.2, -0.15) is 16.3 Å². The van der Waals surface area contributed by atoms with Crippen LogP contribution in [-0.4, -0.2) is 26.1 Å². The molecule has 7 heteroatoms. The molecule has 1 amide bonds. The number of aromatic nitrogens is 4. The van der Waals surface area contributed by atoms with Crippen LogP contribution in [0.3, 0.4) is 0 Å². The van der Waals surface area contributed by atoms with Gasteiger partial charge < -0.3 is 0 Å². The van der Waals surface area contributed by atoms with Gasteiger partial charge in [-0.25, -0.2) is 0 Å². The molecule has 3 aromatic rings. The summed E-state index contributed by atoms with van der Waals surface area (Å²) in [4.78, 5) is 20.2. The number of pyridine rings is 1. The molecule has 6 nitrogen and oxygen atoms in total. The normalized spacial score (nSPS) is 10.5. The molecule has 0 aliphatic carbocycles. The number of nitrogens with one attached hydrogen (secondary N) is 2. The summed E-state index contributed by atoms with van der Waals surface area (Å²) in [5.74, 6) is 0.697. The predicted octanol–water partition coefficient (Wildman–Crippen LogP) is 2.50. The van der Waals surface area contributed by atoms with Crippen LogP contribution in [0.25, 0.3) is 11.5 Å². The Morgan fingerprint density at radius 1 is 1.33 bits per heavy atom. The molecule has 3 rings (SSSR count). The highest BCUT2D eigenvalue weighted by atomic mass is 32.1. The highest BCUT2D eigenvalue weighted by Crippen LogP contribution is 2.13. The number of anilines is 1. The lowest BCUT2D eigenvalue weighted by Crippen LogP contribution is -2.13. The molecule has 3 aromatic heterocycles. The molecule has 3 heterocycles. The van der Waals surface area contributed by atoms with E-state index in [1.807, 2.05) is 35.0 Å². The van der Waals surface area contributed by atoms with Crippen LogP contribution in [0.2, 0.25) is 0 Å². The summed E-state index contributed by atoms with van der Waals surface area (Å²) in [6.07, 6.45) is 2.80. The number of thiophene rings is 1. The Morgan fingerprint density at radius 2 is 2.29 bits per heavy atom. The van der Waals surface area contributed by atoms with E-state index in [9.17, 15) is 4.79 Å². The zero-order valence-corrected chi connectivity index (χ0v) is 11.9. The second-order valence-corrected chi connectivity index (χ2v) is 5.18. The van der Waals surface area contributed by atoms with Crippen LogP contribution < -0.4 is 5.32 Å². The van der Waals surface area contributed by atoms with Crippen molar-refractivity contribution in [1.29, 1.82) is 0 Å². The fourth-order valence-electron chi connectivity index (χ4n) is 1.82. The van der Waals surface area contributed by atoms with Gasteiger partial charge >= 0.3 is 0 Å². The molecular formula is C14H13N5OS. The molecule has 0 saturated carbocycles. The van der Waals surface area contributed by atoms with Gasteiger partial charge in [0.15, 0.2) is 5.82 Å². The second kappa shape index (κ2) is 6.27. The SMILES string of the molecule is O=C(CCc1ccsc1)Nc1n[nH]c(-c2ccccn2)n1. The highest BCUT2D eigenvalue weighted by molar-refractivity contribution is 7.07. The standard InChI is InChI=1S/C14H13N5OS/c20-12(5-4-10-6-8-21-9-10)16-14-17-13(18-19-14)11-3-1-2-7-15-11/h1-3,6-9H,4-5H2,(H2,16,17,18,19,20). The Hall–Kier alpha value is -2.54. The molecule has 0 aromatic carbocycles. The molecule has 0 saturated heterocycles. The summed E-state index contributed by atoms with van der Waals surface area (Å²) in [5.41, 5.74) is 1.85. The lowest BCUT2D eigenvalue weighted by atomic mass is 10.2. The van der Waals surface area contributed by atoms with E-state index in [0.29, 0.717) is 24.4 Å². The number of hydrogen-bond donors (Lipinski definition) is 2. The molecule has 0 aliphatic rings. The molecule has 0 fully saturated rings. The van der Waals surface area contributed by atoms with Crippen molar-refractivity contribution in [2.75, 3.05) is 5.32 Å². The number of rotatable bonds is 5. The third-order valence-corrected chi connectivity index (χ3v) is 3.60. The highest BCUT2D eigenvalue weighted by Gasteiger charge is 2.09. The van der Waals surface area contributed by atoms with Crippen molar-refractivity contribution in [3.63, 3.8) is 0 Å². The van der Waals surface area contributed by atoms with Gasteiger partial charge in [0.05, 0.1) is 0 Å². The maximum atomic E-state index is 11.8. The van der Waals surface area contributed by atoms with Crippen molar-refractivity contribution in [2.45, 2.75) is 12.8 Å². The van der Waals surface area contributed by atoms with Crippen LogP contribution in [0.15, 0.2) is 41.2 Å². The smallest absolute Gasteiger partial charge is 0.249 e. The maximum absolute atomic E-state index is 11.8. The van der Waals surface area contributed by atoms with E-state index in [1.165, 1.54) is 5.56 Å². The fourth-order valence-corrected chi connectivity index (χ4v) is 2.52. The third-order valence-electron chi connectivity index (χ3n) is 2.86. The molecule has 21 heavy (non-hydrogen) atoms. The van der Waals surface area contributed by atoms with E-state index in [2.05, 4.69) is 25.5 Å². The number of carbonyl (C=O) groups excluding carboxylic acids is 1. The molecule has 2 N–H and O–H groups in total. The first-order valence-electron chi connectivity index (χ1n) is 6.46. The zero-order valence-electron chi connectivity index (χ0n) is 11.1. The number of carbonyl (C=O) groups is 1. The summed E-state index contributed by atoms with van der Waals surface area (Å²) >= 11 is 1.63. The number of hydrogen-bond acceptors (Lipinski definition) is 5. The third kappa shape index (κ3) is 3.51. The summed E-state index contributed by atoms with van der Waals surface area (Å²) in [5, 5.41) is 13.5. The number of H-pyrrole nitrogens is 1. The summed E-state index contributed by atoms with van der Waals surface area (Å²) in [7, 11) is 0. The van der Waals surface area contributed by atoms with Gasteiger partial charge in [-0.3, -0.25) is 20.2 Å². The van der Waals surface area contributed by atoms with Crippen molar-refractivity contribution < 1.29 is 4.79 Å². The minimum absolute atomic E-state index is 0.104. The quantitative estimate of drug-likeness (QED) is 0.758. The minimum Gasteiger partial charge on any atom is -0.293 e. The summed E-state index contributed by atoms with van der Waals surface area (Å²) in [6, 6.07) is 7.53. The van der Waals surface area contributed by atoms with Gasteiger partial charge in [0, 0.05) is 12.6 Å². The first-order chi connectivity index (χ1) is 10.3. The number of amides is 1. The van der Waals surface area contributed by atoms with E-state index in [0.717, 1.165) is 0 Å². The molecule has 0 bridgehead atoms. The average molecular weight is 299 g/mol. The van der Waals surface area contributed by atoms with Gasteiger partial charge in [-0.1, -0.05) is 6.07 Å². The van der Waals surface area contributed by atoms with Crippen molar-refractivity contribution in [3.05, 3.63) is 46.8 Å². The van der Waals surface area contributed by atoms with Gasteiger partial charge in [0.2, 0.25) is 11.9 Å². The molecule has 0 radical (unpaired) electrons. The van der Waals surface area contributed by atoms with Crippen molar-refractivity contribution >= 4 is 23.2 Å². The molecule has 0 spiro atoms. The van der Waals surface area contributed by atoms with Gasteiger partial charge in [0.25, 0.3) is 0 Å². The molecule has 0 aliphatic heterocycles. The zero-order chi connectivity index (χ0) is 14.5. The first kappa shape index (κ1) is 13.4. The van der Waals surface area contributed by atoms with Crippen molar-refractivity contribution in [3.8, 4) is 11.5 Å². The minimum atomic E-state index is -0.104. The van der Waals surface area contributed by atoms with Gasteiger partial charge in [-0.05, 0) is 40.9 Å².